The smallest absolute Gasteiger partial charge is 0.323 e. The van der Waals surface area contributed by atoms with Gasteiger partial charge in [-0.3, -0.25) is 9.97 Å². The van der Waals surface area contributed by atoms with Gasteiger partial charge >= 0.3 is 6.03 Å². The van der Waals surface area contributed by atoms with Crippen LogP contribution in [0.4, 0.5) is 29.3 Å². The van der Waals surface area contributed by atoms with Crippen LogP contribution in [0.25, 0.3) is 11.0 Å². The number of benzene rings is 3. The molecule has 0 spiro atoms. The minimum absolute atomic E-state index is 0.134. The minimum atomic E-state index is -1.33. The number of carbonyl (C=O) groups is 1. The summed E-state index contributed by atoms with van der Waals surface area (Å²) in [5.41, 5.74) is 0.966. The fourth-order valence-electron chi connectivity index (χ4n) is 2.74. The van der Waals surface area contributed by atoms with Crippen LogP contribution in [0.5, 0.6) is 11.5 Å². The van der Waals surface area contributed by atoms with E-state index in [0.29, 0.717) is 17.1 Å². The van der Waals surface area contributed by atoms with Crippen LogP contribution < -0.4 is 15.4 Å². The monoisotopic (exact) mass is 444 g/mol. The van der Waals surface area contributed by atoms with Crippen molar-refractivity contribution in [3.05, 3.63) is 83.4 Å². The van der Waals surface area contributed by atoms with Gasteiger partial charge in [0.05, 0.1) is 16.7 Å². The zero-order valence-electron chi connectivity index (χ0n) is 15.5. The molecule has 4 aromatic rings. The van der Waals surface area contributed by atoms with Gasteiger partial charge in [0, 0.05) is 30.2 Å². The van der Waals surface area contributed by atoms with E-state index in [9.17, 15) is 18.0 Å². The number of hydrogen-bond donors (Lipinski definition) is 2. The highest BCUT2D eigenvalue weighted by molar-refractivity contribution is 6.35. The van der Waals surface area contributed by atoms with Crippen molar-refractivity contribution in [3.8, 4) is 11.5 Å². The lowest BCUT2D eigenvalue weighted by Gasteiger charge is -2.14. The Kier molecular flexibility index (Phi) is 5.59. The van der Waals surface area contributed by atoms with Crippen molar-refractivity contribution in [3.63, 3.8) is 0 Å². The number of anilines is 2. The van der Waals surface area contributed by atoms with Gasteiger partial charge in [0.2, 0.25) is 5.82 Å². The molecule has 31 heavy (non-hydrogen) atoms. The van der Waals surface area contributed by atoms with E-state index in [1.54, 1.807) is 6.07 Å². The van der Waals surface area contributed by atoms with Crippen molar-refractivity contribution in [2.75, 3.05) is 10.6 Å². The molecule has 0 aliphatic heterocycles. The van der Waals surface area contributed by atoms with E-state index in [1.165, 1.54) is 42.7 Å². The van der Waals surface area contributed by atoms with Crippen LogP contribution in [0.2, 0.25) is 5.02 Å². The molecule has 2 amide bonds. The second-order valence-corrected chi connectivity index (χ2v) is 6.64. The fourth-order valence-corrected chi connectivity index (χ4v) is 2.96. The van der Waals surface area contributed by atoms with Crippen molar-refractivity contribution >= 4 is 40.0 Å². The first kappa shape index (κ1) is 20.4. The van der Waals surface area contributed by atoms with Gasteiger partial charge in [0.25, 0.3) is 0 Å². The first-order valence-corrected chi connectivity index (χ1v) is 9.18. The molecular weight excluding hydrogens is 433 g/mol. The summed E-state index contributed by atoms with van der Waals surface area (Å²) in [6.45, 7) is 0. The fraction of sp³-hybridized carbons (Fsp3) is 0. The number of rotatable bonds is 4. The Balaban J connectivity index is 1.60. The third-order valence-corrected chi connectivity index (χ3v) is 4.48. The number of amides is 2. The third kappa shape index (κ3) is 4.51. The van der Waals surface area contributed by atoms with Crippen LogP contribution in [-0.2, 0) is 0 Å². The zero-order valence-corrected chi connectivity index (χ0v) is 16.3. The lowest BCUT2D eigenvalue weighted by Crippen LogP contribution is -2.20. The van der Waals surface area contributed by atoms with Crippen molar-refractivity contribution in [2.45, 2.75) is 0 Å². The molecule has 3 aromatic carbocycles. The predicted molar refractivity (Wildman–Crippen MR) is 110 cm³/mol. The number of halogens is 4. The van der Waals surface area contributed by atoms with E-state index in [-0.39, 0.29) is 22.1 Å². The van der Waals surface area contributed by atoms with Gasteiger partial charge in [0.15, 0.2) is 11.6 Å². The molecule has 2 N–H and O–H groups in total. The molecule has 0 aliphatic carbocycles. The van der Waals surface area contributed by atoms with Gasteiger partial charge < -0.3 is 15.4 Å². The molecule has 0 saturated heterocycles. The Morgan fingerprint density at radius 3 is 2.48 bits per heavy atom. The predicted octanol–water partition coefficient (Wildman–Crippen LogP) is 6.14. The Morgan fingerprint density at radius 1 is 0.935 bits per heavy atom. The van der Waals surface area contributed by atoms with Gasteiger partial charge in [-0.25, -0.2) is 13.6 Å². The van der Waals surface area contributed by atoms with Gasteiger partial charge in [-0.1, -0.05) is 17.7 Å². The summed E-state index contributed by atoms with van der Waals surface area (Å²) in [4.78, 5) is 20.4. The number of nitrogens with one attached hydrogen (secondary N) is 2. The molecule has 6 nitrogen and oxygen atoms in total. The highest BCUT2D eigenvalue weighted by atomic mass is 35.5. The van der Waals surface area contributed by atoms with E-state index >= 15 is 0 Å². The topological polar surface area (TPSA) is 76.1 Å². The average molecular weight is 445 g/mol. The standard InChI is InChI=1S/C21H12ClF3N4O2/c22-18-17(29-21(30)28-12-3-1-2-11(23)8-12)10-14(24)19(25)20(18)31-13-4-5-15-16(9-13)27-7-6-26-15/h1-10H,(H2,28,29,30). The van der Waals surface area contributed by atoms with E-state index in [4.69, 9.17) is 16.3 Å². The lowest BCUT2D eigenvalue weighted by molar-refractivity contribution is 0.262. The lowest BCUT2D eigenvalue weighted by atomic mass is 10.2. The van der Waals surface area contributed by atoms with Crippen LogP contribution in [0.1, 0.15) is 0 Å². The number of carbonyl (C=O) groups excluding carboxylic acids is 1. The second kappa shape index (κ2) is 8.49. The molecule has 10 heteroatoms. The molecule has 0 bridgehead atoms. The maximum absolute atomic E-state index is 14.4. The van der Waals surface area contributed by atoms with E-state index in [0.717, 1.165) is 6.07 Å². The molecule has 0 fully saturated rings. The zero-order chi connectivity index (χ0) is 22.0. The molecular formula is C21H12ClF3N4O2. The normalized spacial score (nSPS) is 10.7. The number of fused-ring (bicyclic) bond motifs is 1. The van der Waals surface area contributed by atoms with Crippen LogP contribution in [0.15, 0.2) is 60.9 Å². The van der Waals surface area contributed by atoms with Gasteiger partial charge in [-0.05, 0) is 30.3 Å². The number of nitrogens with zero attached hydrogens (tertiary/aromatic N) is 2. The molecule has 4 rings (SSSR count). The second-order valence-electron chi connectivity index (χ2n) is 6.26. The van der Waals surface area contributed by atoms with Crippen LogP contribution in [0, 0.1) is 17.5 Å². The van der Waals surface area contributed by atoms with Crippen LogP contribution in [0.3, 0.4) is 0 Å². The van der Waals surface area contributed by atoms with Gasteiger partial charge in [0.1, 0.15) is 16.6 Å². The molecule has 1 aromatic heterocycles. The first-order chi connectivity index (χ1) is 14.9. The van der Waals surface area contributed by atoms with Gasteiger partial charge in [-0.15, -0.1) is 0 Å². The number of aromatic nitrogens is 2. The van der Waals surface area contributed by atoms with Crippen molar-refractivity contribution in [2.24, 2.45) is 0 Å². The average Bonchev–Trinajstić information content (AvgIpc) is 2.75. The number of ether oxygens (including phenoxy) is 1. The maximum atomic E-state index is 14.4. The van der Waals surface area contributed by atoms with Crippen LogP contribution >= 0.6 is 11.6 Å². The maximum Gasteiger partial charge on any atom is 0.323 e. The largest absolute Gasteiger partial charge is 0.452 e. The minimum Gasteiger partial charge on any atom is -0.452 e. The first-order valence-electron chi connectivity index (χ1n) is 8.80. The summed E-state index contributed by atoms with van der Waals surface area (Å²) in [6.07, 6.45) is 2.99. The van der Waals surface area contributed by atoms with Crippen LogP contribution in [-0.4, -0.2) is 16.0 Å². The Labute approximate surface area is 178 Å². The quantitative estimate of drug-likeness (QED) is 0.371. The summed E-state index contributed by atoms with van der Waals surface area (Å²) >= 11 is 6.16. The molecule has 0 aliphatic rings. The molecule has 0 atom stereocenters. The van der Waals surface area contributed by atoms with E-state index in [1.807, 2.05) is 0 Å². The molecule has 156 valence electrons. The Hall–Kier alpha value is -3.85. The summed E-state index contributed by atoms with van der Waals surface area (Å²) in [5.74, 6) is -3.67. The Morgan fingerprint density at radius 2 is 1.71 bits per heavy atom. The Bertz CT molecular complexity index is 1300. The molecule has 0 saturated carbocycles. The van der Waals surface area contributed by atoms with Crippen molar-refractivity contribution < 1.29 is 22.7 Å². The number of urea groups is 1. The summed E-state index contributed by atoms with van der Waals surface area (Å²) < 4.78 is 47.2. The molecule has 0 unspecified atom stereocenters. The highest BCUT2D eigenvalue weighted by Crippen LogP contribution is 2.39. The SMILES string of the molecule is O=C(Nc1cccc(F)c1)Nc1cc(F)c(F)c(Oc2ccc3nccnc3c2)c1Cl. The summed E-state index contributed by atoms with van der Waals surface area (Å²) in [7, 11) is 0. The summed E-state index contributed by atoms with van der Waals surface area (Å²) in [5, 5.41) is 4.28. The summed E-state index contributed by atoms with van der Waals surface area (Å²) in [6, 6.07) is 9.57. The molecule has 1 heterocycles. The molecule has 0 radical (unpaired) electrons. The van der Waals surface area contributed by atoms with Gasteiger partial charge in [-0.2, -0.15) is 4.39 Å². The van der Waals surface area contributed by atoms with Crippen molar-refractivity contribution in [1.82, 2.24) is 9.97 Å². The van der Waals surface area contributed by atoms with Crippen molar-refractivity contribution in [1.29, 1.82) is 0 Å². The third-order valence-electron chi connectivity index (χ3n) is 4.11. The number of hydrogen-bond acceptors (Lipinski definition) is 4. The highest BCUT2D eigenvalue weighted by Gasteiger charge is 2.21. The van der Waals surface area contributed by atoms with E-state index < -0.39 is 29.2 Å². The van der Waals surface area contributed by atoms with E-state index in [2.05, 4.69) is 20.6 Å².